The molecule has 6 nitrogen and oxygen atoms in total. The first kappa shape index (κ1) is 22.9. The van der Waals surface area contributed by atoms with Gasteiger partial charge in [0.25, 0.3) is 0 Å². The Balaban J connectivity index is 1.59. The molecule has 1 aliphatic heterocycles. The summed E-state index contributed by atoms with van der Waals surface area (Å²) in [7, 11) is 1.61. The van der Waals surface area contributed by atoms with Crippen LogP contribution in [0.5, 0.6) is 5.75 Å². The predicted octanol–water partition coefficient (Wildman–Crippen LogP) is 2.84. The van der Waals surface area contributed by atoms with E-state index in [0.717, 1.165) is 36.6 Å². The van der Waals surface area contributed by atoms with Gasteiger partial charge in [0.05, 0.1) is 7.11 Å². The van der Waals surface area contributed by atoms with Crippen molar-refractivity contribution in [2.45, 2.75) is 45.6 Å². The van der Waals surface area contributed by atoms with E-state index in [2.05, 4.69) is 22.5 Å². The molecular weight excluding hydrogens is 366 g/mol. The van der Waals surface area contributed by atoms with Crippen molar-refractivity contribution in [3.63, 3.8) is 0 Å². The zero-order valence-electron chi connectivity index (χ0n) is 17.9. The number of methoxy groups -OCH3 is 1. The first-order valence-corrected chi connectivity index (χ1v) is 10.6. The highest BCUT2D eigenvalue weighted by atomic mass is 16.5. The lowest BCUT2D eigenvalue weighted by molar-refractivity contribution is -0.126. The predicted molar refractivity (Wildman–Crippen MR) is 117 cm³/mol. The van der Waals surface area contributed by atoms with E-state index in [9.17, 15) is 9.59 Å². The Morgan fingerprint density at radius 2 is 1.90 bits per heavy atom. The number of ether oxygens (including phenoxy) is 1. The first-order chi connectivity index (χ1) is 14.0. The fourth-order valence-corrected chi connectivity index (χ4v) is 3.32. The molecule has 0 saturated carbocycles. The summed E-state index contributed by atoms with van der Waals surface area (Å²) in [6.07, 6.45) is 7.77. The van der Waals surface area contributed by atoms with Gasteiger partial charge in [-0.15, -0.1) is 0 Å². The molecule has 1 heterocycles. The molecule has 6 heteroatoms. The molecule has 2 amide bonds. The van der Waals surface area contributed by atoms with E-state index in [1.165, 1.54) is 32.0 Å². The van der Waals surface area contributed by atoms with Crippen LogP contribution in [-0.4, -0.2) is 56.0 Å². The van der Waals surface area contributed by atoms with Gasteiger partial charge in [0.2, 0.25) is 11.8 Å². The van der Waals surface area contributed by atoms with Crippen LogP contribution in [0.2, 0.25) is 0 Å². The Hall–Kier alpha value is -2.34. The highest BCUT2D eigenvalue weighted by Gasteiger charge is 2.15. The highest BCUT2D eigenvalue weighted by molar-refractivity contribution is 5.95. The number of carbonyl (C=O) groups is 2. The number of hydrogen-bond acceptors (Lipinski definition) is 4. The summed E-state index contributed by atoms with van der Waals surface area (Å²) in [6, 6.07) is 6.83. The van der Waals surface area contributed by atoms with E-state index in [0.29, 0.717) is 6.54 Å². The van der Waals surface area contributed by atoms with Crippen molar-refractivity contribution >= 4 is 17.9 Å². The number of nitrogens with one attached hydrogen (secondary N) is 2. The van der Waals surface area contributed by atoms with Crippen LogP contribution in [-0.2, 0) is 9.59 Å². The zero-order chi connectivity index (χ0) is 21.1. The second kappa shape index (κ2) is 12.3. The Bertz CT molecular complexity index is 664. The molecule has 0 radical (unpaired) electrons. The Morgan fingerprint density at radius 3 is 2.55 bits per heavy atom. The zero-order valence-corrected chi connectivity index (χ0v) is 17.9. The third-order valence-electron chi connectivity index (χ3n) is 5.37. The van der Waals surface area contributed by atoms with Crippen molar-refractivity contribution in [3.05, 3.63) is 35.9 Å². The van der Waals surface area contributed by atoms with Crippen molar-refractivity contribution in [2.75, 3.05) is 33.3 Å². The molecule has 2 rings (SSSR count). The number of nitrogens with zero attached hydrogens (tertiary/aromatic N) is 1. The molecule has 1 unspecified atom stereocenters. The summed E-state index contributed by atoms with van der Waals surface area (Å²) in [6.45, 7) is 8.16. The molecule has 0 spiro atoms. The average molecular weight is 402 g/mol. The van der Waals surface area contributed by atoms with Gasteiger partial charge in [0.15, 0.2) is 0 Å². The minimum absolute atomic E-state index is 0.150. The second-order valence-electron chi connectivity index (χ2n) is 7.86. The summed E-state index contributed by atoms with van der Waals surface area (Å²) < 4.78 is 5.11. The number of amides is 2. The molecule has 2 N–H and O–H groups in total. The second-order valence-corrected chi connectivity index (χ2v) is 7.86. The van der Waals surface area contributed by atoms with E-state index in [4.69, 9.17) is 4.74 Å². The summed E-state index contributed by atoms with van der Waals surface area (Å²) in [5.74, 6) is 1.18. The smallest absolute Gasteiger partial charge is 0.244 e. The van der Waals surface area contributed by atoms with E-state index in [1.54, 1.807) is 20.1 Å². The molecule has 1 aromatic rings. The summed E-state index contributed by atoms with van der Waals surface area (Å²) >= 11 is 0. The summed E-state index contributed by atoms with van der Waals surface area (Å²) in [5.41, 5.74) is 0.890. The third kappa shape index (κ3) is 8.69. The molecule has 1 aromatic carbocycles. The van der Waals surface area contributed by atoms with Gasteiger partial charge < -0.3 is 20.3 Å². The lowest BCUT2D eigenvalue weighted by Gasteiger charge is -2.30. The molecular formula is C23H35N3O3. The van der Waals surface area contributed by atoms with E-state index in [1.807, 2.05) is 24.3 Å². The number of rotatable bonds is 10. The SMILES string of the molecule is COc1ccc(/C=C/C(=O)NC(C)C(=O)NCCCCN2CCC(C)CC2)cc1. The Labute approximate surface area is 174 Å². The molecule has 1 fully saturated rings. The number of hydrogen-bond donors (Lipinski definition) is 2. The quantitative estimate of drug-likeness (QED) is 0.467. The number of piperidine rings is 1. The lowest BCUT2D eigenvalue weighted by atomic mass is 9.99. The van der Waals surface area contributed by atoms with Gasteiger partial charge in [0, 0.05) is 12.6 Å². The van der Waals surface area contributed by atoms with Crippen molar-refractivity contribution < 1.29 is 14.3 Å². The fourth-order valence-electron chi connectivity index (χ4n) is 3.32. The van der Waals surface area contributed by atoms with Gasteiger partial charge in [0.1, 0.15) is 11.8 Å². The molecule has 160 valence electrons. The first-order valence-electron chi connectivity index (χ1n) is 10.6. The maximum Gasteiger partial charge on any atom is 0.244 e. The molecule has 0 bridgehead atoms. The van der Waals surface area contributed by atoms with Crippen LogP contribution in [0.15, 0.2) is 30.3 Å². The molecule has 1 atom stereocenters. The van der Waals surface area contributed by atoms with Gasteiger partial charge in [-0.1, -0.05) is 19.1 Å². The molecule has 1 aliphatic rings. The monoisotopic (exact) mass is 401 g/mol. The van der Waals surface area contributed by atoms with Gasteiger partial charge in [-0.2, -0.15) is 0 Å². The van der Waals surface area contributed by atoms with Crippen molar-refractivity contribution in [3.8, 4) is 5.75 Å². The number of unbranched alkanes of at least 4 members (excludes halogenated alkanes) is 1. The Kier molecular flexibility index (Phi) is 9.71. The third-order valence-corrected chi connectivity index (χ3v) is 5.37. The average Bonchev–Trinajstić information content (AvgIpc) is 2.73. The number of likely N-dealkylation sites (tertiary alicyclic amines) is 1. The maximum absolute atomic E-state index is 12.1. The van der Waals surface area contributed by atoms with Crippen molar-refractivity contribution in [1.82, 2.24) is 15.5 Å². The van der Waals surface area contributed by atoms with Crippen molar-refractivity contribution in [2.24, 2.45) is 5.92 Å². The van der Waals surface area contributed by atoms with Gasteiger partial charge in [-0.25, -0.2) is 0 Å². The van der Waals surface area contributed by atoms with E-state index in [-0.39, 0.29) is 11.8 Å². The molecule has 1 saturated heterocycles. The summed E-state index contributed by atoms with van der Waals surface area (Å²) in [5, 5.41) is 5.61. The van der Waals surface area contributed by atoms with Crippen LogP contribution in [0.1, 0.15) is 45.1 Å². The number of benzene rings is 1. The molecule has 0 aliphatic carbocycles. The van der Waals surface area contributed by atoms with Crippen LogP contribution in [0.25, 0.3) is 6.08 Å². The number of carbonyl (C=O) groups excluding carboxylic acids is 2. The van der Waals surface area contributed by atoms with Crippen LogP contribution in [0.4, 0.5) is 0 Å². The molecule has 29 heavy (non-hydrogen) atoms. The van der Waals surface area contributed by atoms with Gasteiger partial charge in [-0.3, -0.25) is 9.59 Å². The lowest BCUT2D eigenvalue weighted by Crippen LogP contribution is -2.44. The van der Waals surface area contributed by atoms with Crippen molar-refractivity contribution in [1.29, 1.82) is 0 Å². The normalized spacial score (nSPS) is 16.5. The van der Waals surface area contributed by atoms with Crippen LogP contribution in [0, 0.1) is 5.92 Å². The van der Waals surface area contributed by atoms with Gasteiger partial charge in [-0.05, 0) is 81.9 Å². The largest absolute Gasteiger partial charge is 0.497 e. The fraction of sp³-hybridized carbons (Fsp3) is 0.565. The standard InChI is InChI=1S/C23H35N3O3/c1-18-12-16-26(17-13-18)15-5-4-14-24-23(28)19(2)25-22(27)11-8-20-6-9-21(29-3)10-7-20/h6-11,18-19H,4-5,12-17H2,1-3H3,(H,24,28)(H,25,27)/b11-8+. The van der Waals surface area contributed by atoms with Crippen LogP contribution < -0.4 is 15.4 Å². The molecule has 0 aromatic heterocycles. The van der Waals surface area contributed by atoms with Crippen LogP contribution >= 0.6 is 0 Å². The highest BCUT2D eigenvalue weighted by Crippen LogP contribution is 2.16. The maximum atomic E-state index is 12.1. The van der Waals surface area contributed by atoms with Gasteiger partial charge >= 0.3 is 0 Å². The van der Waals surface area contributed by atoms with E-state index < -0.39 is 6.04 Å². The van der Waals surface area contributed by atoms with Crippen LogP contribution in [0.3, 0.4) is 0 Å². The Morgan fingerprint density at radius 1 is 1.21 bits per heavy atom. The van der Waals surface area contributed by atoms with E-state index >= 15 is 0 Å². The minimum atomic E-state index is -0.563. The minimum Gasteiger partial charge on any atom is -0.497 e. The topological polar surface area (TPSA) is 70.7 Å². The summed E-state index contributed by atoms with van der Waals surface area (Å²) in [4.78, 5) is 26.7.